The molecule has 0 amide bonds. The van der Waals surface area contributed by atoms with Crippen molar-refractivity contribution in [2.45, 2.75) is 26.5 Å². The topological polar surface area (TPSA) is 71.1 Å². The van der Waals surface area contributed by atoms with Crippen molar-refractivity contribution < 1.29 is 4.74 Å². The number of anilines is 2. The molecular weight excluding hydrogens is 262 g/mol. The van der Waals surface area contributed by atoms with Gasteiger partial charge < -0.3 is 15.8 Å². The number of hydrogen-bond acceptors (Lipinski definition) is 4. The first-order valence-corrected chi connectivity index (χ1v) is 6.87. The van der Waals surface area contributed by atoms with E-state index in [1.54, 1.807) is 6.07 Å². The van der Waals surface area contributed by atoms with Crippen LogP contribution >= 0.6 is 0 Å². The van der Waals surface area contributed by atoms with Gasteiger partial charge in [-0.2, -0.15) is 5.26 Å². The first-order chi connectivity index (χ1) is 10.1. The van der Waals surface area contributed by atoms with E-state index in [9.17, 15) is 0 Å². The Kier molecular flexibility index (Phi) is 4.68. The third-order valence-corrected chi connectivity index (χ3v) is 2.93. The zero-order chi connectivity index (χ0) is 15.2. The predicted molar refractivity (Wildman–Crippen MR) is 85.1 cm³/mol. The van der Waals surface area contributed by atoms with Crippen LogP contribution in [0.2, 0.25) is 0 Å². The molecule has 0 spiro atoms. The minimum atomic E-state index is 0.0786. The van der Waals surface area contributed by atoms with E-state index < -0.39 is 0 Å². The van der Waals surface area contributed by atoms with Gasteiger partial charge in [-0.1, -0.05) is 12.1 Å². The summed E-state index contributed by atoms with van der Waals surface area (Å²) in [5.74, 6) is 0.681. The Morgan fingerprint density at radius 2 is 2.05 bits per heavy atom. The second-order valence-corrected chi connectivity index (χ2v) is 5.08. The van der Waals surface area contributed by atoms with Crippen molar-refractivity contribution >= 4 is 11.4 Å². The molecule has 2 rings (SSSR count). The second-order valence-electron chi connectivity index (χ2n) is 5.08. The van der Waals surface area contributed by atoms with E-state index in [0.29, 0.717) is 23.5 Å². The number of nitrogens with zero attached hydrogens (tertiary/aromatic N) is 1. The molecule has 2 aromatic rings. The lowest BCUT2D eigenvalue weighted by Crippen LogP contribution is -2.08. The van der Waals surface area contributed by atoms with Gasteiger partial charge >= 0.3 is 0 Å². The Balaban J connectivity index is 2.07. The van der Waals surface area contributed by atoms with Crippen LogP contribution in [0, 0.1) is 11.3 Å². The summed E-state index contributed by atoms with van der Waals surface area (Å²) in [6, 6.07) is 15.3. The Morgan fingerprint density at radius 3 is 2.76 bits per heavy atom. The molecule has 0 aromatic heterocycles. The highest BCUT2D eigenvalue weighted by Crippen LogP contribution is 2.26. The van der Waals surface area contributed by atoms with Gasteiger partial charge in [-0.05, 0) is 43.7 Å². The molecular formula is C17H19N3O. The van der Waals surface area contributed by atoms with Crippen molar-refractivity contribution in [2.24, 2.45) is 0 Å². The van der Waals surface area contributed by atoms with Gasteiger partial charge in [-0.3, -0.25) is 0 Å². The van der Waals surface area contributed by atoms with Crippen LogP contribution in [0.4, 0.5) is 11.4 Å². The number of benzene rings is 2. The molecule has 0 saturated carbocycles. The molecule has 0 unspecified atom stereocenters. The highest BCUT2D eigenvalue weighted by atomic mass is 16.5. The molecule has 0 aliphatic heterocycles. The third-order valence-electron chi connectivity index (χ3n) is 2.93. The van der Waals surface area contributed by atoms with Crippen LogP contribution in [0.15, 0.2) is 42.5 Å². The van der Waals surface area contributed by atoms with Gasteiger partial charge in [0, 0.05) is 18.3 Å². The van der Waals surface area contributed by atoms with Gasteiger partial charge in [0.2, 0.25) is 0 Å². The number of nitrogens with two attached hydrogens (primary N) is 1. The summed E-state index contributed by atoms with van der Waals surface area (Å²) in [6.45, 7) is 4.57. The molecule has 0 fully saturated rings. The maximum absolute atomic E-state index is 8.90. The van der Waals surface area contributed by atoms with Crippen molar-refractivity contribution in [1.29, 1.82) is 5.26 Å². The molecule has 0 radical (unpaired) electrons. The maximum Gasteiger partial charge on any atom is 0.144 e. The molecule has 108 valence electrons. The van der Waals surface area contributed by atoms with E-state index in [-0.39, 0.29) is 6.10 Å². The molecule has 0 heterocycles. The summed E-state index contributed by atoms with van der Waals surface area (Å²) in [7, 11) is 0. The Labute approximate surface area is 125 Å². The molecule has 4 nitrogen and oxygen atoms in total. The van der Waals surface area contributed by atoms with E-state index in [0.717, 1.165) is 11.3 Å². The summed E-state index contributed by atoms with van der Waals surface area (Å²) < 4.78 is 5.67. The van der Waals surface area contributed by atoms with Gasteiger partial charge in [0.25, 0.3) is 0 Å². The molecule has 4 heteroatoms. The Bertz CT molecular complexity index is 659. The number of ether oxygens (including phenoxy) is 1. The fourth-order valence-corrected chi connectivity index (χ4v) is 1.96. The summed E-state index contributed by atoms with van der Waals surface area (Å²) >= 11 is 0. The smallest absolute Gasteiger partial charge is 0.144 e. The fourth-order valence-electron chi connectivity index (χ4n) is 1.96. The molecule has 3 N–H and O–H groups in total. The SMILES string of the molecule is CC(C)Oc1cc(NCc2cccc(C#N)c2)ccc1N. The molecule has 0 aliphatic carbocycles. The monoisotopic (exact) mass is 281 g/mol. The molecule has 21 heavy (non-hydrogen) atoms. The highest BCUT2D eigenvalue weighted by Gasteiger charge is 2.04. The molecule has 0 bridgehead atoms. The average Bonchev–Trinajstić information content (AvgIpc) is 2.48. The van der Waals surface area contributed by atoms with Crippen LogP contribution in [0.3, 0.4) is 0 Å². The normalized spacial score (nSPS) is 10.2. The number of hydrogen-bond donors (Lipinski definition) is 2. The largest absolute Gasteiger partial charge is 0.489 e. The second kappa shape index (κ2) is 6.67. The van der Waals surface area contributed by atoms with Crippen molar-refractivity contribution in [3.8, 4) is 11.8 Å². The molecule has 0 atom stereocenters. The molecule has 0 saturated heterocycles. The van der Waals surface area contributed by atoms with Crippen LogP contribution in [0.5, 0.6) is 5.75 Å². The van der Waals surface area contributed by atoms with Crippen molar-refractivity contribution in [2.75, 3.05) is 11.1 Å². The summed E-state index contributed by atoms with van der Waals surface area (Å²) in [4.78, 5) is 0. The number of rotatable bonds is 5. The van der Waals surface area contributed by atoms with Crippen LogP contribution in [-0.2, 0) is 6.54 Å². The van der Waals surface area contributed by atoms with Gasteiger partial charge in [-0.25, -0.2) is 0 Å². The van der Waals surface area contributed by atoms with E-state index in [2.05, 4.69) is 11.4 Å². The molecule has 2 aromatic carbocycles. The summed E-state index contributed by atoms with van der Waals surface area (Å²) in [5, 5.41) is 12.2. The average molecular weight is 281 g/mol. The van der Waals surface area contributed by atoms with Gasteiger partial charge in [-0.15, -0.1) is 0 Å². The number of nitrogen functional groups attached to an aromatic ring is 1. The lowest BCUT2D eigenvalue weighted by molar-refractivity contribution is 0.244. The van der Waals surface area contributed by atoms with E-state index in [4.69, 9.17) is 15.7 Å². The van der Waals surface area contributed by atoms with Crippen molar-refractivity contribution in [3.05, 3.63) is 53.6 Å². The van der Waals surface area contributed by atoms with Crippen molar-refractivity contribution in [1.82, 2.24) is 0 Å². The van der Waals surface area contributed by atoms with Gasteiger partial charge in [0.05, 0.1) is 23.4 Å². The lowest BCUT2D eigenvalue weighted by Gasteiger charge is -2.14. The predicted octanol–water partition coefficient (Wildman–Crippen LogP) is 3.54. The van der Waals surface area contributed by atoms with Crippen LogP contribution < -0.4 is 15.8 Å². The zero-order valence-electron chi connectivity index (χ0n) is 12.3. The van der Waals surface area contributed by atoms with Gasteiger partial charge in [0.1, 0.15) is 5.75 Å². The summed E-state index contributed by atoms with van der Waals surface area (Å²) in [5.41, 5.74) is 9.17. The minimum Gasteiger partial charge on any atom is -0.489 e. The van der Waals surface area contributed by atoms with E-state index in [1.165, 1.54) is 0 Å². The first kappa shape index (κ1) is 14.7. The summed E-state index contributed by atoms with van der Waals surface area (Å²) in [6.07, 6.45) is 0.0786. The standard InChI is InChI=1S/C17H19N3O/c1-12(2)21-17-9-15(6-7-16(17)19)20-11-14-5-3-4-13(8-14)10-18/h3-9,12,20H,11,19H2,1-2H3. The lowest BCUT2D eigenvalue weighted by atomic mass is 10.1. The van der Waals surface area contributed by atoms with Crippen LogP contribution in [0.1, 0.15) is 25.0 Å². The van der Waals surface area contributed by atoms with E-state index >= 15 is 0 Å². The first-order valence-electron chi connectivity index (χ1n) is 6.87. The van der Waals surface area contributed by atoms with Crippen LogP contribution in [0.25, 0.3) is 0 Å². The Hall–Kier alpha value is -2.67. The molecule has 0 aliphatic rings. The number of nitrogens with one attached hydrogen (secondary N) is 1. The number of nitriles is 1. The van der Waals surface area contributed by atoms with Gasteiger partial charge in [0.15, 0.2) is 0 Å². The Morgan fingerprint density at radius 1 is 1.24 bits per heavy atom. The van der Waals surface area contributed by atoms with Crippen LogP contribution in [-0.4, -0.2) is 6.10 Å². The zero-order valence-corrected chi connectivity index (χ0v) is 12.3. The third kappa shape index (κ3) is 4.15. The maximum atomic E-state index is 8.90. The highest BCUT2D eigenvalue weighted by molar-refractivity contribution is 5.61. The minimum absolute atomic E-state index is 0.0786. The quantitative estimate of drug-likeness (QED) is 0.822. The van der Waals surface area contributed by atoms with E-state index in [1.807, 2.05) is 50.2 Å². The van der Waals surface area contributed by atoms with Crippen molar-refractivity contribution in [3.63, 3.8) is 0 Å². The fraction of sp³-hybridized carbons (Fsp3) is 0.235.